The fourth-order valence-electron chi connectivity index (χ4n) is 2.45. The number of ether oxygens (including phenoxy) is 1. The quantitative estimate of drug-likeness (QED) is 0.741. The van der Waals surface area contributed by atoms with E-state index in [0.29, 0.717) is 11.3 Å². The molecule has 0 bridgehead atoms. The van der Waals surface area contributed by atoms with Gasteiger partial charge in [0.05, 0.1) is 18.4 Å². The molecule has 0 N–H and O–H groups in total. The van der Waals surface area contributed by atoms with Gasteiger partial charge in [0, 0.05) is 10.2 Å². The molecule has 1 aliphatic rings. The van der Waals surface area contributed by atoms with Gasteiger partial charge in [-0.05, 0) is 42.0 Å². The first kappa shape index (κ1) is 16.1. The van der Waals surface area contributed by atoms with Crippen molar-refractivity contribution in [2.24, 2.45) is 0 Å². The molecule has 0 spiro atoms. The van der Waals surface area contributed by atoms with Gasteiger partial charge in [-0.15, -0.1) is 11.8 Å². The van der Waals surface area contributed by atoms with Crippen LogP contribution in [0.15, 0.2) is 53.0 Å². The topological polar surface area (TPSA) is 46.6 Å². The number of hydrogen-bond donors (Lipinski definition) is 0. The highest BCUT2D eigenvalue weighted by atomic mass is 79.9. The van der Waals surface area contributed by atoms with E-state index in [0.717, 1.165) is 15.7 Å². The molecule has 2 aromatic rings. The maximum Gasteiger partial charge on any atom is 0.337 e. The average Bonchev–Trinajstić information content (AvgIpc) is 2.97. The van der Waals surface area contributed by atoms with Crippen molar-refractivity contribution < 1.29 is 14.3 Å². The summed E-state index contributed by atoms with van der Waals surface area (Å²) in [5, 5.41) is -0.0876. The first-order chi connectivity index (χ1) is 11.1. The minimum Gasteiger partial charge on any atom is -0.465 e. The number of carbonyl (C=O) groups excluding carboxylic acids is 2. The number of anilines is 1. The van der Waals surface area contributed by atoms with Crippen molar-refractivity contribution in [3.05, 3.63) is 64.1 Å². The van der Waals surface area contributed by atoms with Crippen LogP contribution in [0, 0.1) is 0 Å². The minimum absolute atomic E-state index is 0.0827. The lowest BCUT2D eigenvalue weighted by molar-refractivity contribution is -0.115. The van der Waals surface area contributed by atoms with Gasteiger partial charge in [0.1, 0.15) is 5.37 Å². The number of hydrogen-bond acceptors (Lipinski definition) is 4. The second kappa shape index (κ2) is 6.76. The molecule has 4 nitrogen and oxygen atoms in total. The normalized spacial score (nSPS) is 17.4. The Kier molecular flexibility index (Phi) is 4.73. The number of nitrogens with zero attached hydrogens (tertiary/aromatic N) is 1. The van der Waals surface area contributed by atoms with E-state index in [1.54, 1.807) is 28.8 Å². The van der Waals surface area contributed by atoms with E-state index in [1.165, 1.54) is 7.11 Å². The van der Waals surface area contributed by atoms with E-state index in [1.807, 2.05) is 36.4 Å². The van der Waals surface area contributed by atoms with Crippen molar-refractivity contribution in [3.63, 3.8) is 0 Å². The van der Waals surface area contributed by atoms with Crippen LogP contribution in [0.1, 0.15) is 21.3 Å². The molecule has 1 atom stereocenters. The van der Waals surface area contributed by atoms with E-state index in [9.17, 15) is 9.59 Å². The summed E-state index contributed by atoms with van der Waals surface area (Å²) in [6.45, 7) is 0. The van der Waals surface area contributed by atoms with E-state index >= 15 is 0 Å². The summed E-state index contributed by atoms with van der Waals surface area (Å²) in [7, 11) is 1.36. The van der Waals surface area contributed by atoms with Gasteiger partial charge < -0.3 is 4.74 Å². The number of amides is 1. The molecule has 1 aliphatic heterocycles. The highest BCUT2D eigenvalue weighted by molar-refractivity contribution is 9.10. The summed E-state index contributed by atoms with van der Waals surface area (Å²) in [5.41, 5.74) is 2.35. The summed E-state index contributed by atoms with van der Waals surface area (Å²) in [6, 6.07) is 14.9. The summed E-state index contributed by atoms with van der Waals surface area (Å²) in [6.07, 6.45) is 0. The Morgan fingerprint density at radius 3 is 2.43 bits per heavy atom. The molecule has 0 aromatic heterocycles. The fourth-order valence-corrected chi connectivity index (χ4v) is 3.89. The number of carbonyl (C=O) groups is 2. The van der Waals surface area contributed by atoms with Crippen molar-refractivity contribution in [3.8, 4) is 0 Å². The lowest BCUT2D eigenvalue weighted by Gasteiger charge is -2.24. The molecule has 118 valence electrons. The van der Waals surface area contributed by atoms with Gasteiger partial charge in [-0.1, -0.05) is 28.1 Å². The van der Waals surface area contributed by atoms with Crippen molar-refractivity contribution in [2.45, 2.75) is 5.37 Å². The Labute approximate surface area is 146 Å². The predicted octanol–water partition coefficient (Wildman–Crippen LogP) is 4.01. The van der Waals surface area contributed by atoms with Gasteiger partial charge in [0.15, 0.2) is 0 Å². The maximum absolute atomic E-state index is 12.3. The Bertz CT molecular complexity index is 731. The SMILES string of the molecule is COC(=O)c1ccc([C@H]2SCC(=O)N2c2ccc(Br)cc2)cc1. The fraction of sp³-hybridized carbons (Fsp3) is 0.176. The maximum atomic E-state index is 12.3. The number of thioether (sulfide) groups is 1. The zero-order chi connectivity index (χ0) is 16.4. The largest absolute Gasteiger partial charge is 0.465 e. The highest BCUT2D eigenvalue weighted by Crippen LogP contribution is 2.41. The van der Waals surface area contributed by atoms with Crippen LogP contribution >= 0.6 is 27.7 Å². The smallest absolute Gasteiger partial charge is 0.337 e. The molecule has 2 aromatic carbocycles. The van der Waals surface area contributed by atoms with Gasteiger partial charge in [-0.2, -0.15) is 0 Å². The second-order valence-electron chi connectivity index (χ2n) is 5.02. The lowest BCUT2D eigenvalue weighted by atomic mass is 10.1. The van der Waals surface area contributed by atoms with Crippen LogP contribution in [0.4, 0.5) is 5.69 Å². The van der Waals surface area contributed by atoms with E-state index in [-0.39, 0.29) is 17.3 Å². The number of esters is 1. The molecule has 6 heteroatoms. The Balaban J connectivity index is 1.90. The van der Waals surface area contributed by atoms with E-state index < -0.39 is 0 Å². The Hall–Kier alpha value is -1.79. The molecule has 0 unspecified atom stereocenters. The zero-order valence-corrected chi connectivity index (χ0v) is 14.8. The molecular weight excluding hydrogens is 378 g/mol. The lowest BCUT2D eigenvalue weighted by Crippen LogP contribution is -2.27. The Morgan fingerprint density at radius 1 is 1.17 bits per heavy atom. The first-order valence-electron chi connectivity index (χ1n) is 6.97. The summed E-state index contributed by atoms with van der Waals surface area (Å²) in [4.78, 5) is 25.6. The van der Waals surface area contributed by atoms with Gasteiger partial charge in [-0.3, -0.25) is 9.69 Å². The molecular formula is C17H14BrNO3S. The van der Waals surface area contributed by atoms with Gasteiger partial charge >= 0.3 is 5.97 Å². The van der Waals surface area contributed by atoms with E-state index in [2.05, 4.69) is 15.9 Å². The number of benzene rings is 2. The second-order valence-corrected chi connectivity index (χ2v) is 7.00. The molecule has 0 saturated carbocycles. The molecule has 0 radical (unpaired) electrons. The molecule has 3 rings (SSSR count). The van der Waals surface area contributed by atoms with Crippen LogP contribution < -0.4 is 4.90 Å². The summed E-state index contributed by atoms with van der Waals surface area (Å²) >= 11 is 4.98. The molecule has 1 amide bonds. The molecule has 1 fully saturated rings. The van der Waals surface area contributed by atoms with Crippen molar-refractivity contribution in [1.29, 1.82) is 0 Å². The standard InChI is InChI=1S/C17H14BrNO3S/c1-22-17(21)12-4-2-11(3-5-12)16-19(15(20)10-23-16)14-8-6-13(18)7-9-14/h2-9,16H,10H2,1H3/t16-/m1/s1. The number of methoxy groups -OCH3 is 1. The average molecular weight is 392 g/mol. The highest BCUT2D eigenvalue weighted by Gasteiger charge is 2.34. The summed E-state index contributed by atoms with van der Waals surface area (Å²) < 4.78 is 5.68. The van der Waals surface area contributed by atoms with Crippen molar-refractivity contribution in [1.82, 2.24) is 0 Å². The predicted molar refractivity (Wildman–Crippen MR) is 94.6 cm³/mol. The summed E-state index contributed by atoms with van der Waals surface area (Å²) in [5.74, 6) is 0.162. The Morgan fingerprint density at radius 2 is 1.83 bits per heavy atom. The van der Waals surface area contributed by atoms with Crippen molar-refractivity contribution in [2.75, 3.05) is 17.8 Å². The monoisotopic (exact) mass is 391 g/mol. The van der Waals surface area contributed by atoms with Crippen LogP contribution in [0.5, 0.6) is 0 Å². The molecule has 23 heavy (non-hydrogen) atoms. The minimum atomic E-state index is -0.364. The third kappa shape index (κ3) is 3.28. The van der Waals surface area contributed by atoms with Gasteiger partial charge in [-0.25, -0.2) is 4.79 Å². The van der Waals surface area contributed by atoms with Crippen LogP contribution in [0.2, 0.25) is 0 Å². The zero-order valence-electron chi connectivity index (χ0n) is 12.4. The van der Waals surface area contributed by atoms with Gasteiger partial charge in [0.2, 0.25) is 5.91 Å². The van der Waals surface area contributed by atoms with Crippen LogP contribution in [0.3, 0.4) is 0 Å². The molecule has 1 heterocycles. The third-order valence-electron chi connectivity index (χ3n) is 3.59. The van der Waals surface area contributed by atoms with Crippen LogP contribution in [-0.2, 0) is 9.53 Å². The van der Waals surface area contributed by atoms with Crippen LogP contribution in [0.25, 0.3) is 0 Å². The van der Waals surface area contributed by atoms with E-state index in [4.69, 9.17) is 4.74 Å². The molecule has 1 saturated heterocycles. The molecule has 0 aliphatic carbocycles. The first-order valence-corrected chi connectivity index (χ1v) is 8.82. The van der Waals surface area contributed by atoms with Crippen LogP contribution in [-0.4, -0.2) is 24.7 Å². The third-order valence-corrected chi connectivity index (χ3v) is 5.33. The van der Waals surface area contributed by atoms with Crippen molar-refractivity contribution >= 4 is 45.3 Å². The number of rotatable bonds is 3. The van der Waals surface area contributed by atoms with Gasteiger partial charge in [0.25, 0.3) is 0 Å². The number of halogens is 1.